The van der Waals surface area contributed by atoms with Crippen LogP contribution in [-0.4, -0.2) is 41.7 Å². The Morgan fingerprint density at radius 2 is 1.27 bits per heavy atom. The first kappa shape index (κ1) is 34.9. The van der Waals surface area contributed by atoms with E-state index in [4.69, 9.17) is 18.3 Å². The van der Waals surface area contributed by atoms with Crippen molar-refractivity contribution in [2.24, 2.45) is 5.92 Å². The molecular weight excluding hydrogens is 648 g/mol. The van der Waals surface area contributed by atoms with E-state index < -0.39 is 22.7 Å². The maximum absolute atomic E-state index is 11.2. The molecule has 240 valence electrons. The summed E-state index contributed by atoms with van der Waals surface area (Å²) in [6, 6.07) is 25.3. The van der Waals surface area contributed by atoms with Gasteiger partial charge in [-0.05, 0) is 49.7 Å². The summed E-state index contributed by atoms with van der Waals surface area (Å²) in [6.45, 7) is 21.1. The van der Waals surface area contributed by atoms with Gasteiger partial charge in [-0.15, -0.1) is 0 Å². The van der Waals surface area contributed by atoms with E-state index in [0.29, 0.717) is 34.7 Å². The molecule has 0 amide bonds. The van der Waals surface area contributed by atoms with Crippen molar-refractivity contribution in [3.8, 4) is 11.5 Å². The van der Waals surface area contributed by atoms with E-state index in [1.165, 1.54) is 10.4 Å². The Morgan fingerprint density at radius 1 is 0.795 bits per heavy atom. The summed E-state index contributed by atoms with van der Waals surface area (Å²) in [5.41, 5.74) is 2.07. The fourth-order valence-corrected chi connectivity index (χ4v) is 18.2. The largest absolute Gasteiger partial charge is 0.454 e. The normalized spacial score (nSPS) is 15.3. The van der Waals surface area contributed by atoms with Crippen LogP contribution in [0, 0.1) is 5.92 Å². The quantitative estimate of drug-likeness (QED) is 0.181. The number of fused-ring (bicyclic) bond motifs is 1. The molecule has 0 aromatic heterocycles. The van der Waals surface area contributed by atoms with Gasteiger partial charge in [-0.2, -0.15) is 0 Å². The Kier molecular flexibility index (Phi) is 11.3. The molecule has 0 unspecified atom stereocenters. The molecule has 0 radical (unpaired) electrons. The molecule has 44 heavy (non-hydrogen) atoms. The van der Waals surface area contributed by atoms with Crippen molar-refractivity contribution in [3.05, 3.63) is 82.8 Å². The highest BCUT2D eigenvalue weighted by molar-refractivity contribution is 9.10. The molecule has 3 aromatic rings. The topological polar surface area (TPSA) is 57.2 Å². The predicted molar refractivity (Wildman–Crippen MR) is 189 cm³/mol. The predicted octanol–water partition coefficient (Wildman–Crippen LogP) is 8.60. The number of rotatable bonds is 13. The van der Waals surface area contributed by atoms with Crippen LogP contribution in [0.1, 0.15) is 74.0 Å². The monoisotopic (exact) mass is 698 g/mol. The van der Waals surface area contributed by atoms with Gasteiger partial charge >= 0.3 is 0 Å². The van der Waals surface area contributed by atoms with Gasteiger partial charge in [-0.1, -0.05) is 139 Å². The molecule has 1 heterocycles. The number of aliphatic hydroxyl groups excluding tert-OH is 1. The van der Waals surface area contributed by atoms with E-state index in [-0.39, 0.29) is 24.4 Å². The van der Waals surface area contributed by atoms with Gasteiger partial charge in [-0.3, -0.25) is 0 Å². The van der Waals surface area contributed by atoms with Gasteiger partial charge in [0, 0.05) is 17.0 Å². The molecular formula is C36H51BrO5Si2. The van der Waals surface area contributed by atoms with Crippen LogP contribution < -0.4 is 19.8 Å². The van der Waals surface area contributed by atoms with Crippen molar-refractivity contribution in [2.45, 2.75) is 90.1 Å². The van der Waals surface area contributed by atoms with Crippen molar-refractivity contribution in [3.63, 3.8) is 0 Å². The molecule has 2 atom stereocenters. The van der Waals surface area contributed by atoms with Crippen LogP contribution in [0.2, 0.25) is 21.7 Å². The number of benzene rings is 3. The molecule has 0 aliphatic carbocycles. The summed E-state index contributed by atoms with van der Waals surface area (Å²) in [7, 11) is -5.23. The third kappa shape index (κ3) is 6.62. The molecule has 0 spiro atoms. The summed E-state index contributed by atoms with van der Waals surface area (Å²) in [6.07, 6.45) is -0.416. The molecule has 0 fully saturated rings. The highest BCUT2D eigenvalue weighted by atomic mass is 79.9. The third-order valence-electron chi connectivity index (χ3n) is 9.43. The average molecular weight is 700 g/mol. The number of hydrogen-bond acceptors (Lipinski definition) is 5. The first-order chi connectivity index (χ1) is 20.8. The fourth-order valence-electron chi connectivity index (χ4n) is 7.42. The van der Waals surface area contributed by atoms with Gasteiger partial charge in [0.05, 0.1) is 12.7 Å². The Hall–Kier alpha value is -1.95. The summed E-state index contributed by atoms with van der Waals surface area (Å²) in [4.78, 5) is 0. The average Bonchev–Trinajstić information content (AvgIpc) is 3.43. The lowest BCUT2D eigenvalue weighted by atomic mass is 9.97. The second-order valence-electron chi connectivity index (χ2n) is 14.0. The van der Waals surface area contributed by atoms with Crippen LogP contribution in [0.3, 0.4) is 0 Å². The number of halogens is 1. The number of hydrogen-bond donors (Lipinski definition) is 1. The summed E-state index contributed by atoms with van der Waals surface area (Å²) in [5.74, 6) is 1.09. The lowest BCUT2D eigenvalue weighted by Crippen LogP contribution is -2.67. The molecule has 8 heteroatoms. The first-order valence-electron chi connectivity index (χ1n) is 15.9. The van der Waals surface area contributed by atoms with E-state index in [1.807, 2.05) is 12.1 Å². The van der Waals surface area contributed by atoms with E-state index >= 15 is 0 Å². The molecule has 1 N–H and O–H groups in total. The van der Waals surface area contributed by atoms with E-state index in [9.17, 15) is 5.11 Å². The van der Waals surface area contributed by atoms with Crippen LogP contribution in [0.15, 0.2) is 77.3 Å². The van der Waals surface area contributed by atoms with Gasteiger partial charge in [0.25, 0.3) is 8.32 Å². The third-order valence-corrected chi connectivity index (χ3v) is 21.2. The molecule has 5 nitrogen and oxygen atoms in total. The maximum Gasteiger partial charge on any atom is 0.261 e. The lowest BCUT2D eigenvalue weighted by Gasteiger charge is -2.47. The zero-order chi connectivity index (χ0) is 32.3. The van der Waals surface area contributed by atoms with Gasteiger partial charge in [0.1, 0.15) is 0 Å². The van der Waals surface area contributed by atoms with Crippen LogP contribution >= 0.6 is 15.9 Å². The van der Waals surface area contributed by atoms with E-state index in [1.54, 1.807) is 0 Å². The zero-order valence-corrected chi connectivity index (χ0v) is 31.5. The second kappa shape index (κ2) is 14.2. The van der Waals surface area contributed by atoms with Gasteiger partial charge < -0.3 is 23.4 Å². The minimum atomic E-state index is -2.84. The molecule has 3 aromatic carbocycles. The molecule has 1 aliphatic rings. The number of ether oxygens (including phenoxy) is 2. The van der Waals surface area contributed by atoms with Gasteiger partial charge in [0.15, 0.2) is 11.5 Å². The van der Waals surface area contributed by atoms with Crippen molar-refractivity contribution in [2.75, 3.05) is 20.0 Å². The molecule has 0 saturated heterocycles. The molecule has 4 rings (SSSR count). The summed E-state index contributed by atoms with van der Waals surface area (Å²) >= 11 is 3.85. The Bertz CT molecular complexity index is 1300. The summed E-state index contributed by atoms with van der Waals surface area (Å²) < 4.78 is 27.4. The SMILES string of the molecule is CC(C)[Si](O[C@@H](c1cc2c(cc1Br)OCO2)[C@@H](CO)CO[Si](c1ccccc1)(c1ccccc1)C(C)(C)C)(C(C)C)C(C)C. The minimum absolute atomic E-state index is 0.0808. The van der Waals surface area contributed by atoms with Crippen molar-refractivity contribution >= 4 is 42.9 Å². The lowest BCUT2D eigenvalue weighted by molar-refractivity contribution is 0.0391. The van der Waals surface area contributed by atoms with E-state index in [0.717, 1.165) is 10.0 Å². The highest BCUT2D eigenvalue weighted by Crippen LogP contribution is 2.49. The smallest absolute Gasteiger partial charge is 0.261 e. The van der Waals surface area contributed by atoms with Crippen molar-refractivity contribution < 1.29 is 23.4 Å². The van der Waals surface area contributed by atoms with Crippen molar-refractivity contribution in [1.29, 1.82) is 0 Å². The standard InChI is InChI=1S/C36H51BrO5Si2/c1-25(2)43(26(3)4,27(5)6)42-35(31-20-33-34(21-32(31)37)40-24-39-33)28(22-38)23-41-44(36(7,8)9,29-16-12-10-13-17-29)30-18-14-11-15-19-30/h10-21,25-28,35,38H,22-24H2,1-9H3/t28-,35+/m0/s1. The van der Waals surface area contributed by atoms with Gasteiger partial charge in [0.2, 0.25) is 15.1 Å². The molecule has 0 bridgehead atoms. The van der Waals surface area contributed by atoms with Crippen LogP contribution in [-0.2, 0) is 8.85 Å². The molecule has 1 aliphatic heterocycles. The Morgan fingerprint density at radius 3 is 1.70 bits per heavy atom. The first-order valence-corrected chi connectivity index (χ1v) is 20.8. The molecule has 0 saturated carbocycles. The summed E-state index contributed by atoms with van der Waals surface area (Å²) in [5, 5.41) is 13.4. The zero-order valence-electron chi connectivity index (χ0n) is 27.9. The highest BCUT2D eigenvalue weighted by Gasteiger charge is 2.52. The Labute approximate surface area is 275 Å². The fraction of sp³-hybridized carbons (Fsp3) is 0.500. The van der Waals surface area contributed by atoms with Crippen LogP contribution in [0.4, 0.5) is 0 Å². The van der Waals surface area contributed by atoms with Crippen LogP contribution in [0.5, 0.6) is 11.5 Å². The maximum atomic E-state index is 11.2. The van der Waals surface area contributed by atoms with Crippen molar-refractivity contribution in [1.82, 2.24) is 0 Å². The van der Waals surface area contributed by atoms with Gasteiger partial charge in [-0.25, -0.2) is 0 Å². The Balaban J connectivity index is 1.86. The minimum Gasteiger partial charge on any atom is -0.454 e. The van der Waals surface area contributed by atoms with Crippen LogP contribution in [0.25, 0.3) is 0 Å². The number of aliphatic hydroxyl groups is 1. The van der Waals surface area contributed by atoms with E-state index in [2.05, 4.69) is 139 Å². The second-order valence-corrected chi connectivity index (χ2v) is 24.6.